The van der Waals surface area contributed by atoms with Gasteiger partial charge in [-0.2, -0.15) is 0 Å². The van der Waals surface area contributed by atoms with Crippen LogP contribution in [0, 0.1) is 6.92 Å². The molecule has 0 unspecified atom stereocenters. The number of hydrogen-bond acceptors (Lipinski definition) is 3. The number of esters is 1. The van der Waals surface area contributed by atoms with Gasteiger partial charge in [-0.15, -0.1) is 11.3 Å². The zero-order chi connectivity index (χ0) is 13.1. The Morgan fingerprint density at radius 3 is 2.50 bits per heavy atom. The number of rotatable bonds is 3. The number of ether oxygens (including phenoxy) is 1. The largest absolute Gasteiger partial charge is 0.465 e. The fraction of sp³-hybridized carbons (Fsp3) is 0.267. The molecule has 0 aliphatic carbocycles. The molecular formula is C15H16O2S. The molecule has 18 heavy (non-hydrogen) atoms. The Morgan fingerprint density at radius 2 is 1.94 bits per heavy atom. The van der Waals surface area contributed by atoms with Gasteiger partial charge in [0.15, 0.2) is 0 Å². The highest BCUT2D eigenvalue weighted by atomic mass is 32.1. The maximum atomic E-state index is 11.7. The number of aryl methyl sites for hydroxylation is 2. The number of carbonyl (C=O) groups is 1. The van der Waals surface area contributed by atoms with Crippen LogP contribution >= 0.6 is 11.3 Å². The first-order valence-corrected chi connectivity index (χ1v) is 6.75. The van der Waals surface area contributed by atoms with E-state index in [0.717, 1.165) is 22.4 Å². The highest BCUT2D eigenvalue weighted by Crippen LogP contribution is 2.32. The van der Waals surface area contributed by atoms with Gasteiger partial charge >= 0.3 is 5.97 Å². The van der Waals surface area contributed by atoms with E-state index in [0.29, 0.717) is 4.88 Å². The molecule has 2 nitrogen and oxygen atoms in total. The Hall–Kier alpha value is -1.61. The number of thiophene rings is 1. The SMILES string of the molecule is CCc1ccc(-c2cc(C)sc2C(=O)OC)cc1. The van der Waals surface area contributed by atoms with E-state index in [1.165, 1.54) is 24.0 Å². The highest BCUT2D eigenvalue weighted by Gasteiger charge is 2.16. The van der Waals surface area contributed by atoms with Gasteiger partial charge in [0, 0.05) is 10.4 Å². The third-order valence-corrected chi connectivity index (χ3v) is 3.93. The molecule has 0 amide bonds. The van der Waals surface area contributed by atoms with Crippen molar-refractivity contribution in [2.24, 2.45) is 0 Å². The van der Waals surface area contributed by atoms with E-state index in [-0.39, 0.29) is 5.97 Å². The summed E-state index contributed by atoms with van der Waals surface area (Å²) in [6.07, 6.45) is 1.02. The van der Waals surface area contributed by atoms with Gasteiger partial charge in [0.2, 0.25) is 0 Å². The molecule has 0 radical (unpaired) electrons. The molecule has 0 fully saturated rings. The molecule has 0 atom stereocenters. The van der Waals surface area contributed by atoms with Gasteiger partial charge in [0.1, 0.15) is 4.88 Å². The van der Waals surface area contributed by atoms with Crippen LogP contribution in [-0.4, -0.2) is 13.1 Å². The van der Waals surface area contributed by atoms with Crippen molar-refractivity contribution in [1.82, 2.24) is 0 Å². The van der Waals surface area contributed by atoms with Gasteiger partial charge < -0.3 is 4.74 Å². The molecule has 0 saturated carbocycles. The predicted molar refractivity (Wildman–Crippen MR) is 75.2 cm³/mol. The van der Waals surface area contributed by atoms with Crippen molar-refractivity contribution in [3.05, 3.63) is 45.6 Å². The number of methoxy groups -OCH3 is 1. The third kappa shape index (κ3) is 2.46. The van der Waals surface area contributed by atoms with Crippen molar-refractivity contribution in [3.63, 3.8) is 0 Å². The Bertz CT molecular complexity index is 552. The minimum absolute atomic E-state index is 0.261. The van der Waals surface area contributed by atoms with E-state index in [1.807, 2.05) is 13.0 Å². The van der Waals surface area contributed by atoms with Gasteiger partial charge in [-0.1, -0.05) is 31.2 Å². The Kier molecular flexibility index (Phi) is 3.82. The second-order valence-corrected chi connectivity index (χ2v) is 5.40. The fourth-order valence-electron chi connectivity index (χ4n) is 1.89. The zero-order valence-electron chi connectivity index (χ0n) is 10.8. The van der Waals surface area contributed by atoms with Gasteiger partial charge in [-0.05, 0) is 30.5 Å². The van der Waals surface area contributed by atoms with Crippen LogP contribution in [0.5, 0.6) is 0 Å². The molecule has 0 bridgehead atoms. The second-order valence-electron chi connectivity index (χ2n) is 4.14. The molecule has 1 aromatic carbocycles. The smallest absolute Gasteiger partial charge is 0.348 e. The van der Waals surface area contributed by atoms with E-state index in [1.54, 1.807) is 0 Å². The summed E-state index contributed by atoms with van der Waals surface area (Å²) in [5, 5.41) is 0. The summed E-state index contributed by atoms with van der Waals surface area (Å²) in [6, 6.07) is 10.4. The Labute approximate surface area is 111 Å². The minimum Gasteiger partial charge on any atom is -0.465 e. The van der Waals surface area contributed by atoms with Crippen LogP contribution < -0.4 is 0 Å². The standard InChI is InChI=1S/C15H16O2S/c1-4-11-5-7-12(8-6-11)13-9-10(2)18-14(13)15(16)17-3/h5-9H,4H2,1-3H3. The van der Waals surface area contributed by atoms with Crippen molar-refractivity contribution >= 4 is 17.3 Å². The molecule has 1 aromatic heterocycles. The van der Waals surface area contributed by atoms with Gasteiger partial charge in [0.05, 0.1) is 7.11 Å². The van der Waals surface area contributed by atoms with Gasteiger partial charge in [-0.3, -0.25) is 0 Å². The monoisotopic (exact) mass is 260 g/mol. The van der Waals surface area contributed by atoms with Gasteiger partial charge in [-0.25, -0.2) is 4.79 Å². The average molecular weight is 260 g/mol. The Balaban J connectivity index is 2.45. The quantitative estimate of drug-likeness (QED) is 0.777. The molecule has 3 heteroatoms. The zero-order valence-corrected chi connectivity index (χ0v) is 11.6. The lowest BCUT2D eigenvalue weighted by molar-refractivity contribution is 0.0607. The first kappa shape index (κ1) is 12.8. The van der Waals surface area contributed by atoms with E-state index < -0.39 is 0 Å². The van der Waals surface area contributed by atoms with Crippen molar-refractivity contribution in [3.8, 4) is 11.1 Å². The number of hydrogen-bond donors (Lipinski definition) is 0. The normalized spacial score (nSPS) is 10.4. The van der Waals surface area contributed by atoms with Crippen LogP contribution in [-0.2, 0) is 11.2 Å². The topological polar surface area (TPSA) is 26.3 Å². The molecule has 94 valence electrons. The summed E-state index contributed by atoms with van der Waals surface area (Å²) in [5.74, 6) is -0.261. The van der Waals surface area contributed by atoms with Crippen LogP contribution in [0.2, 0.25) is 0 Å². The molecule has 0 saturated heterocycles. The van der Waals surface area contributed by atoms with Gasteiger partial charge in [0.25, 0.3) is 0 Å². The molecule has 2 aromatic rings. The molecular weight excluding hydrogens is 244 g/mol. The first-order valence-electron chi connectivity index (χ1n) is 5.93. The summed E-state index contributed by atoms with van der Waals surface area (Å²) in [4.78, 5) is 13.5. The maximum absolute atomic E-state index is 11.7. The molecule has 1 heterocycles. The van der Waals surface area contributed by atoms with E-state index in [2.05, 4.69) is 31.2 Å². The lowest BCUT2D eigenvalue weighted by atomic mass is 10.0. The Morgan fingerprint density at radius 1 is 1.28 bits per heavy atom. The van der Waals surface area contributed by atoms with Crippen molar-refractivity contribution in [2.75, 3.05) is 7.11 Å². The van der Waals surface area contributed by atoms with Crippen LogP contribution in [0.15, 0.2) is 30.3 Å². The first-order chi connectivity index (χ1) is 8.65. The second kappa shape index (κ2) is 5.36. The number of carbonyl (C=O) groups excluding carboxylic acids is 1. The van der Waals surface area contributed by atoms with Crippen LogP contribution in [0.25, 0.3) is 11.1 Å². The average Bonchev–Trinajstić information content (AvgIpc) is 2.80. The summed E-state index contributed by atoms with van der Waals surface area (Å²) in [6.45, 7) is 4.13. The molecule has 0 aliphatic heterocycles. The van der Waals surface area contributed by atoms with Crippen LogP contribution in [0.1, 0.15) is 27.0 Å². The summed E-state index contributed by atoms with van der Waals surface area (Å²) in [5.41, 5.74) is 3.33. The predicted octanol–water partition coefficient (Wildman–Crippen LogP) is 4.07. The fourth-order valence-corrected chi connectivity index (χ4v) is 2.85. The lowest BCUT2D eigenvalue weighted by Gasteiger charge is -2.03. The molecule has 0 N–H and O–H groups in total. The molecule has 2 rings (SSSR count). The third-order valence-electron chi connectivity index (χ3n) is 2.90. The molecule has 0 aliphatic rings. The van der Waals surface area contributed by atoms with Crippen molar-refractivity contribution in [2.45, 2.75) is 20.3 Å². The van der Waals surface area contributed by atoms with E-state index in [4.69, 9.17) is 4.74 Å². The highest BCUT2D eigenvalue weighted by molar-refractivity contribution is 7.14. The molecule has 0 spiro atoms. The van der Waals surface area contributed by atoms with Crippen molar-refractivity contribution in [1.29, 1.82) is 0 Å². The summed E-state index contributed by atoms with van der Waals surface area (Å²) >= 11 is 1.48. The number of benzene rings is 1. The van der Waals surface area contributed by atoms with Crippen molar-refractivity contribution < 1.29 is 9.53 Å². The lowest BCUT2D eigenvalue weighted by Crippen LogP contribution is -1.99. The summed E-state index contributed by atoms with van der Waals surface area (Å²) in [7, 11) is 1.42. The van der Waals surface area contributed by atoms with E-state index >= 15 is 0 Å². The van der Waals surface area contributed by atoms with E-state index in [9.17, 15) is 4.79 Å². The van der Waals surface area contributed by atoms with Crippen LogP contribution in [0.3, 0.4) is 0 Å². The minimum atomic E-state index is -0.261. The maximum Gasteiger partial charge on any atom is 0.348 e. The summed E-state index contributed by atoms with van der Waals surface area (Å²) < 4.78 is 4.83. The van der Waals surface area contributed by atoms with Crippen LogP contribution in [0.4, 0.5) is 0 Å².